The van der Waals surface area contributed by atoms with E-state index in [9.17, 15) is 0 Å². The van der Waals surface area contributed by atoms with Gasteiger partial charge in [-0.1, -0.05) is 24.3 Å². The van der Waals surface area contributed by atoms with Crippen LogP contribution >= 0.6 is 0 Å². The van der Waals surface area contributed by atoms with Crippen LogP contribution in [0.25, 0.3) is 22.4 Å². The number of aryl methyl sites for hydroxylation is 1. The fourth-order valence-corrected chi connectivity index (χ4v) is 2.22. The van der Waals surface area contributed by atoms with Gasteiger partial charge in [-0.25, -0.2) is 0 Å². The predicted octanol–water partition coefficient (Wildman–Crippen LogP) is 3.03. The fourth-order valence-electron chi connectivity index (χ4n) is 2.22. The largest absolute Gasteiger partial charge is 0.382 e. The monoisotopic (exact) mass is 250 g/mol. The molecule has 0 saturated carbocycles. The van der Waals surface area contributed by atoms with E-state index in [2.05, 4.69) is 34.2 Å². The van der Waals surface area contributed by atoms with E-state index in [1.165, 1.54) is 5.56 Å². The summed E-state index contributed by atoms with van der Waals surface area (Å²) in [5.41, 5.74) is 11.2. The highest BCUT2D eigenvalue weighted by Gasteiger charge is 2.15. The van der Waals surface area contributed by atoms with Gasteiger partial charge in [0.25, 0.3) is 0 Å². The van der Waals surface area contributed by atoms with Gasteiger partial charge in [0, 0.05) is 18.0 Å². The summed E-state index contributed by atoms with van der Waals surface area (Å²) in [6.45, 7) is 2.07. The molecule has 1 aromatic carbocycles. The Kier molecular flexibility index (Phi) is 2.76. The minimum atomic E-state index is 0.504. The second-order valence-electron chi connectivity index (χ2n) is 4.41. The van der Waals surface area contributed by atoms with Gasteiger partial charge < -0.3 is 5.73 Å². The summed E-state index contributed by atoms with van der Waals surface area (Å²) < 4.78 is 0. The molecule has 3 rings (SSSR count). The Bertz CT molecular complexity index is 701. The molecule has 0 amide bonds. The molecule has 0 radical (unpaired) electrons. The van der Waals surface area contributed by atoms with E-state index < -0.39 is 0 Å². The molecule has 0 aliphatic heterocycles. The molecular formula is C15H14N4. The van der Waals surface area contributed by atoms with Crippen molar-refractivity contribution in [1.29, 1.82) is 0 Å². The fraction of sp³-hybridized carbons (Fsp3) is 0.0667. The SMILES string of the molecule is Cc1ccccc1-c1[nH]nc(N)c1-c1ccncc1. The maximum Gasteiger partial charge on any atom is 0.153 e. The molecule has 4 nitrogen and oxygen atoms in total. The number of H-pyrrole nitrogens is 1. The molecule has 3 aromatic rings. The van der Waals surface area contributed by atoms with Crippen LogP contribution in [-0.2, 0) is 0 Å². The number of nitrogens with one attached hydrogen (secondary N) is 1. The van der Waals surface area contributed by atoms with E-state index >= 15 is 0 Å². The van der Waals surface area contributed by atoms with Gasteiger partial charge in [0.15, 0.2) is 5.82 Å². The molecule has 0 fully saturated rings. The summed E-state index contributed by atoms with van der Waals surface area (Å²) in [6, 6.07) is 12.0. The van der Waals surface area contributed by atoms with Crippen LogP contribution in [0.2, 0.25) is 0 Å². The highest BCUT2D eigenvalue weighted by Crippen LogP contribution is 2.35. The number of aromatic nitrogens is 3. The van der Waals surface area contributed by atoms with Crippen LogP contribution in [0, 0.1) is 6.92 Å². The first kappa shape index (κ1) is 11.5. The maximum absolute atomic E-state index is 6.00. The van der Waals surface area contributed by atoms with Crippen molar-refractivity contribution in [1.82, 2.24) is 15.2 Å². The van der Waals surface area contributed by atoms with Gasteiger partial charge in [0.1, 0.15) is 0 Å². The number of nitrogens with two attached hydrogens (primary N) is 1. The smallest absolute Gasteiger partial charge is 0.153 e. The number of hydrogen-bond donors (Lipinski definition) is 2. The number of nitrogens with zero attached hydrogens (tertiary/aromatic N) is 2. The number of anilines is 1. The Balaban J connectivity index is 2.23. The summed E-state index contributed by atoms with van der Waals surface area (Å²) in [4.78, 5) is 4.03. The zero-order valence-corrected chi connectivity index (χ0v) is 10.6. The molecule has 3 N–H and O–H groups in total. The third kappa shape index (κ3) is 1.97. The first-order chi connectivity index (χ1) is 9.27. The lowest BCUT2D eigenvalue weighted by Gasteiger charge is -2.07. The van der Waals surface area contributed by atoms with Crippen molar-refractivity contribution in [3.05, 3.63) is 54.4 Å². The average molecular weight is 250 g/mol. The molecule has 94 valence electrons. The third-order valence-electron chi connectivity index (χ3n) is 3.18. The molecule has 0 bridgehead atoms. The zero-order chi connectivity index (χ0) is 13.2. The zero-order valence-electron chi connectivity index (χ0n) is 10.6. The van der Waals surface area contributed by atoms with Gasteiger partial charge in [-0.3, -0.25) is 10.1 Å². The second kappa shape index (κ2) is 4.57. The molecule has 0 spiro atoms. The molecule has 0 unspecified atom stereocenters. The second-order valence-corrected chi connectivity index (χ2v) is 4.41. The standard InChI is InChI=1S/C15H14N4/c1-10-4-2-3-5-12(10)14-13(15(16)19-18-14)11-6-8-17-9-7-11/h2-9H,1H3,(H3,16,18,19). The number of pyridine rings is 1. The van der Waals surface area contributed by atoms with Crippen molar-refractivity contribution in [2.24, 2.45) is 0 Å². The molecule has 19 heavy (non-hydrogen) atoms. The van der Waals surface area contributed by atoms with E-state index in [-0.39, 0.29) is 0 Å². The van der Waals surface area contributed by atoms with E-state index in [0.29, 0.717) is 5.82 Å². The normalized spacial score (nSPS) is 10.6. The maximum atomic E-state index is 6.00. The van der Waals surface area contributed by atoms with Gasteiger partial charge >= 0.3 is 0 Å². The summed E-state index contributed by atoms with van der Waals surface area (Å²) in [7, 11) is 0. The van der Waals surface area contributed by atoms with E-state index in [1.807, 2.05) is 24.3 Å². The number of aromatic amines is 1. The van der Waals surface area contributed by atoms with E-state index in [0.717, 1.165) is 22.4 Å². The van der Waals surface area contributed by atoms with Crippen LogP contribution in [0.15, 0.2) is 48.8 Å². The lowest BCUT2D eigenvalue weighted by atomic mass is 9.99. The Labute approximate surface area is 111 Å². The molecule has 0 aliphatic rings. The molecule has 0 saturated heterocycles. The van der Waals surface area contributed by atoms with Crippen LogP contribution < -0.4 is 5.73 Å². The Morgan fingerprint density at radius 1 is 1.05 bits per heavy atom. The van der Waals surface area contributed by atoms with Crippen molar-refractivity contribution in [3.63, 3.8) is 0 Å². The molecule has 4 heteroatoms. The topological polar surface area (TPSA) is 67.6 Å². The van der Waals surface area contributed by atoms with Crippen LogP contribution in [-0.4, -0.2) is 15.2 Å². The summed E-state index contributed by atoms with van der Waals surface area (Å²) in [5, 5.41) is 7.18. The van der Waals surface area contributed by atoms with E-state index in [4.69, 9.17) is 5.73 Å². The first-order valence-corrected chi connectivity index (χ1v) is 6.07. The number of benzene rings is 1. The Morgan fingerprint density at radius 2 is 1.79 bits per heavy atom. The molecule has 2 aromatic heterocycles. The third-order valence-corrected chi connectivity index (χ3v) is 3.18. The number of hydrogen-bond acceptors (Lipinski definition) is 3. The van der Waals surface area contributed by atoms with Gasteiger partial charge in [-0.15, -0.1) is 0 Å². The summed E-state index contributed by atoms with van der Waals surface area (Å²) >= 11 is 0. The molecule has 2 heterocycles. The average Bonchev–Trinajstić information content (AvgIpc) is 2.82. The highest BCUT2D eigenvalue weighted by atomic mass is 15.2. The molecule has 0 aliphatic carbocycles. The van der Waals surface area contributed by atoms with Crippen molar-refractivity contribution in [2.75, 3.05) is 5.73 Å². The lowest BCUT2D eigenvalue weighted by Crippen LogP contribution is -1.90. The van der Waals surface area contributed by atoms with Crippen molar-refractivity contribution < 1.29 is 0 Å². The first-order valence-electron chi connectivity index (χ1n) is 6.07. The van der Waals surface area contributed by atoms with Crippen molar-refractivity contribution in [2.45, 2.75) is 6.92 Å². The number of rotatable bonds is 2. The van der Waals surface area contributed by atoms with Gasteiger partial charge in [-0.2, -0.15) is 5.10 Å². The highest BCUT2D eigenvalue weighted by molar-refractivity contribution is 5.88. The predicted molar refractivity (Wildman–Crippen MR) is 76.4 cm³/mol. The van der Waals surface area contributed by atoms with Crippen LogP contribution in [0.4, 0.5) is 5.82 Å². The van der Waals surface area contributed by atoms with Gasteiger partial charge in [-0.05, 0) is 30.2 Å². The molecular weight excluding hydrogens is 236 g/mol. The quantitative estimate of drug-likeness (QED) is 0.734. The Morgan fingerprint density at radius 3 is 2.53 bits per heavy atom. The molecule has 0 atom stereocenters. The summed E-state index contributed by atoms with van der Waals surface area (Å²) in [6.07, 6.45) is 3.51. The minimum absolute atomic E-state index is 0.504. The van der Waals surface area contributed by atoms with Crippen LogP contribution in [0.3, 0.4) is 0 Å². The van der Waals surface area contributed by atoms with E-state index in [1.54, 1.807) is 12.4 Å². The lowest BCUT2D eigenvalue weighted by molar-refractivity contribution is 1.10. The minimum Gasteiger partial charge on any atom is -0.382 e. The summed E-state index contributed by atoms with van der Waals surface area (Å²) in [5.74, 6) is 0.504. The van der Waals surface area contributed by atoms with Crippen LogP contribution in [0.5, 0.6) is 0 Å². The number of nitrogen functional groups attached to an aromatic ring is 1. The Hall–Kier alpha value is -2.62. The van der Waals surface area contributed by atoms with Crippen molar-refractivity contribution in [3.8, 4) is 22.4 Å². The van der Waals surface area contributed by atoms with Crippen LogP contribution in [0.1, 0.15) is 5.56 Å². The van der Waals surface area contributed by atoms with Crippen molar-refractivity contribution >= 4 is 5.82 Å². The van der Waals surface area contributed by atoms with Gasteiger partial charge in [0.2, 0.25) is 0 Å². The van der Waals surface area contributed by atoms with Gasteiger partial charge in [0.05, 0.1) is 11.3 Å².